The number of fused-ring (bicyclic) bond motifs is 1. The van der Waals surface area contributed by atoms with Crippen molar-refractivity contribution < 1.29 is 0 Å². The number of nitrogens with two attached hydrogens (primary N) is 1. The van der Waals surface area contributed by atoms with E-state index in [4.69, 9.17) is 28.9 Å². The zero-order chi connectivity index (χ0) is 19.5. The Kier molecular flexibility index (Phi) is 5.73. The highest BCUT2D eigenvalue weighted by atomic mass is 35.5. The van der Waals surface area contributed by atoms with Crippen LogP contribution in [0, 0.1) is 0 Å². The van der Waals surface area contributed by atoms with Crippen molar-refractivity contribution in [3.8, 4) is 10.6 Å². The Morgan fingerprint density at radius 1 is 1.07 bits per heavy atom. The minimum absolute atomic E-state index is 0.128. The molecule has 4 aromatic rings. The van der Waals surface area contributed by atoms with Crippen molar-refractivity contribution in [1.82, 2.24) is 15.2 Å². The number of halogens is 2. The van der Waals surface area contributed by atoms with Gasteiger partial charge in [-0.15, -0.1) is 10.2 Å². The maximum Gasteiger partial charge on any atom is 0.206 e. The molecule has 0 aliphatic heterocycles. The molecular formula is C20H17Cl2N5S. The highest BCUT2D eigenvalue weighted by Gasteiger charge is 2.12. The molecule has 0 saturated heterocycles. The van der Waals surface area contributed by atoms with Gasteiger partial charge >= 0.3 is 0 Å². The molecule has 8 heteroatoms. The van der Waals surface area contributed by atoms with Crippen LogP contribution in [0.5, 0.6) is 0 Å². The van der Waals surface area contributed by atoms with Crippen LogP contribution in [0.2, 0.25) is 10.0 Å². The quantitative estimate of drug-likeness (QED) is 0.448. The topological polar surface area (TPSA) is 76.7 Å². The van der Waals surface area contributed by atoms with Crippen LogP contribution < -0.4 is 11.1 Å². The number of aromatic nitrogens is 3. The van der Waals surface area contributed by atoms with Gasteiger partial charge in [0, 0.05) is 35.9 Å². The van der Waals surface area contributed by atoms with Gasteiger partial charge < -0.3 is 11.1 Å². The molecule has 0 saturated carbocycles. The maximum absolute atomic E-state index is 6.24. The lowest BCUT2D eigenvalue weighted by Crippen LogP contribution is -2.31. The molecule has 0 bridgehead atoms. The number of benzene rings is 2. The summed E-state index contributed by atoms with van der Waals surface area (Å²) in [6.07, 6.45) is 4.25. The van der Waals surface area contributed by atoms with Crippen molar-refractivity contribution in [2.45, 2.75) is 12.5 Å². The minimum Gasteiger partial charge on any atom is -0.359 e. The number of anilines is 1. The first kappa shape index (κ1) is 19.1. The largest absolute Gasteiger partial charge is 0.359 e. The molecule has 0 fully saturated rings. The highest BCUT2D eigenvalue weighted by Crippen LogP contribution is 2.29. The summed E-state index contributed by atoms with van der Waals surface area (Å²) in [7, 11) is 0. The van der Waals surface area contributed by atoms with Crippen LogP contribution in [0.25, 0.3) is 21.3 Å². The number of nitrogens with zero attached hydrogens (tertiary/aromatic N) is 3. The third-order valence-electron chi connectivity index (χ3n) is 4.34. The molecule has 0 aliphatic carbocycles. The fraction of sp³-hybridized carbons (Fsp3) is 0.150. The van der Waals surface area contributed by atoms with Crippen LogP contribution in [-0.2, 0) is 6.42 Å². The SMILES string of the molecule is NC(CNc1nnc(-c2ccc3cnccc3c2)s1)Cc1cccc(Cl)c1Cl. The Morgan fingerprint density at radius 3 is 2.86 bits per heavy atom. The molecule has 142 valence electrons. The molecule has 2 aromatic heterocycles. The highest BCUT2D eigenvalue weighted by molar-refractivity contribution is 7.18. The molecular weight excluding hydrogens is 413 g/mol. The van der Waals surface area contributed by atoms with E-state index in [9.17, 15) is 0 Å². The second kappa shape index (κ2) is 8.41. The van der Waals surface area contributed by atoms with E-state index in [1.54, 1.807) is 12.3 Å². The van der Waals surface area contributed by atoms with Crippen molar-refractivity contribution in [1.29, 1.82) is 0 Å². The van der Waals surface area contributed by atoms with Crippen molar-refractivity contribution >= 4 is 50.4 Å². The average Bonchev–Trinajstić information content (AvgIpc) is 3.19. The Hall–Kier alpha value is -2.25. The van der Waals surface area contributed by atoms with Crippen molar-refractivity contribution in [2.24, 2.45) is 5.73 Å². The molecule has 2 heterocycles. The lowest BCUT2D eigenvalue weighted by atomic mass is 10.1. The van der Waals surface area contributed by atoms with Gasteiger partial charge in [-0.2, -0.15) is 0 Å². The van der Waals surface area contributed by atoms with Gasteiger partial charge in [0.2, 0.25) is 5.13 Å². The number of hydrogen-bond acceptors (Lipinski definition) is 6. The summed E-state index contributed by atoms with van der Waals surface area (Å²) >= 11 is 13.8. The van der Waals surface area contributed by atoms with E-state index in [1.165, 1.54) is 11.3 Å². The van der Waals surface area contributed by atoms with E-state index in [0.29, 0.717) is 23.0 Å². The normalized spacial score (nSPS) is 12.2. The number of rotatable bonds is 6. The second-order valence-electron chi connectivity index (χ2n) is 6.41. The maximum atomic E-state index is 6.24. The molecule has 5 nitrogen and oxygen atoms in total. The van der Waals surface area contributed by atoms with Crippen molar-refractivity contribution in [3.05, 3.63) is 70.5 Å². The number of pyridine rings is 1. The molecule has 0 spiro atoms. The summed E-state index contributed by atoms with van der Waals surface area (Å²) in [4.78, 5) is 4.14. The zero-order valence-corrected chi connectivity index (χ0v) is 17.1. The first-order valence-corrected chi connectivity index (χ1v) is 10.3. The van der Waals surface area contributed by atoms with Gasteiger partial charge in [0.15, 0.2) is 0 Å². The molecule has 28 heavy (non-hydrogen) atoms. The Bertz CT molecular complexity index is 1110. The Balaban J connectivity index is 1.41. The van der Waals surface area contributed by atoms with Crippen molar-refractivity contribution in [2.75, 3.05) is 11.9 Å². The van der Waals surface area contributed by atoms with Crippen molar-refractivity contribution in [3.63, 3.8) is 0 Å². The predicted octanol–water partition coefficient (Wildman–Crippen LogP) is 5.04. The first-order valence-electron chi connectivity index (χ1n) is 8.70. The second-order valence-corrected chi connectivity index (χ2v) is 8.17. The van der Waals surface area contributed by atoms with Crippen LogP contribution in [-0.4, -0.2) is 27.8 Å². The third-order valence-corrected chi connectivity index (χ3v) is 6.13. The molecule has 2 aromatic carbocycles. The van der Waals surface area contributed by atoms with E-state index in [2.05, 4.69) is 26.6 Å². The van der Waals surface area contributed by atoms with Gasteiger partial charge in [0.1, 0.15) is 5.01 Å². The number of hydrogen-bond donors (Lipinski definition) is 2. The van der Waals surface area contributed by atoms with Crippen LogP contribution in [0.3, 0.4) is 0 Å². The fourth-order valence-corrected chi connectivity index (χ4v) is 4.05. The number of nitrogens with one attached hydrogen (secondary N) is 1. The summed E-state index contributed by atoms with van der Waals surface area (Å²) in [5.74, 6) is 0. The molecule has 0 aliphatic rings. The Morgan fingerprint density at radius 2 is 1.96 bits per heavy atom. The lowest BCUT2D eigenvalue weighted by molar-refractivity contribution is 0.698. The van der Waals surface area contributed by atoms with E-state index in [1.807, 2.05) is 36.5 Å². The van der Waals surface area contributed by atoms with Gasteiger partial charge in [-0.1, -0.05) is 58.8 Å². The van der Waals surface area contributed by atoms with Crippen LogP contribution in [0.4, 0.5) is 5.13 Å². The van der Waals surface area contributed by atoms with E-state index in [-0.39, 0.29) is 6.04 Å². The standard InChI is InChI=1S/C20H17Cl2N5S/c21-17-3-1-2-13(18(17)22)9-16(23)11-25-20-27-26-19(28-20)14-4-5-15-10-24-7-6-12(15)8-14/h1-8,10,16H,9,11,23H2,(H,25,27). The third kappa shape index (κ3) is 4.25. The zero-order valence-electron chi connectivity index (χ0n) is 14.8. The van der Waals surface area contributed by atoms with E-state index >= 15 is 0 Å². The van der Waals surface area contributed by atoms with Gasteiger partial charge in [-0.05, 0) is 35.6 Å². The van der Waals surface area contributed by atoms with E-state index < -0.39 is 0 Å². The van der Waals surface area contributed by atoms with E-state index in [0.717, 1.165) is 32.0 Å². The lowest BCUT2D eigenvalue weighted by Gasteiger charge is -2.13. The molecule has 1 unspecified atom stereocenters. The summed E-state index contributed by atoms with van der Waals surface area (Å²) in [6, 6.07) is 13.6. The van der Waals surface area contributed by atoms with Crippen LogP contribution in [0.15, 0.2) is 54.9 Å². The smallest absolute Gasteiger partial charge is 0.206 e. The van der Waals surface area contributed by atoms with Crippen LogP contribution >= 0.6 is 34.5 Å². The predicted molar refractivity (Wildman–Crippen MR) is 117 cm³/mol. The fourth-order valence-electron chi connectivity index (χ4n) is 2.91. The monoisotopic (exact) mass is 429 g/mol. The molecule has 3 N–H and O–H groups in total. The molecule has 0 radical (unpaired) electrons. The molecule has 0 amide bonds. The summed E-state index contributed by atoms with van der Waals surface area (Å²) in [6.45, 7) is 0.556. The Labute approximate surface area is 176 Å². The minimum atomic E-state index is -0.128. The van der Waals surface area contributed by atoms with Crippen LogP contribution in [0.1, 0.15) is 5.56 Å². The summed E-state index contributed by atoms with van der Waals surface area (Å²) in [5.41, 5.74) is 8.20. The first-order chi connectivity index (χ1) is 13.6. The summed E-state index contributed by atoms with van der Waals surface area (Å²) in [5, 5.41) is 16.7. The van der Waals surface area contributed by atoms with Gasteiger partial charge in [-0.25, -0.2) is 0 Å². The van der Waals surface area contributed by atoms with Gasteiger partial charge in [-0.3, -0.25) is 4.98 Å². The average molecular weight is 430 g/mol. The van der Waals surface area contributed by atoms with Gasteiger partial charge in [0.05, 0.1) is 10.0 Å². The molecule has 4 rings (SSSR count). The van der Waals surface area contributed by atoms with Gasteiger partial charge in [0.25, 0.3) is 0 Å². The summed E-state index contributed by atoms with van der Waals surface area (Å²) < 4.78 is 0. The molecule has 1 atom stereocenters.